The van der Waals surface area contributed by atoms with Crippen LogP contribution in [0, 0.1) is 13.8 Å². The van der Waals surface area contributed by atoms with E-state index in [1.165, 1.54) is 16.0 Å². The van der Waals surface area contributed by atoms with Crippen LogP contribution in [0.4, 0.5) is 5.69 Å². The zero-order valence-electron chi connectivity index (χ0n) is 11.1. The largest absolute Gasteiger partial charge is 0.357 e. The van der Waals surface area contributed by atoms with Crippen LogP contribution in [0.2, 0.25) is 0 Å². The predicted octanol–water partition coefficient (Wildman–Crippen LogP) is 0.734. The van der Waals surface area contributed by atoms with Crippen molar-refractivity contribution in [3.8, 4) is 0 Å². The highest BCUT2D eigenvalue weighted by Crippen LogP contribution is 2.15. The van der Waals surface area contributed by atoms with E-state index in [1.807, 2.05) is 0 Å². The van der Waals surface area contributed by atoms with Gasteiger partial charge in [-0.15, -0.1) is 0 Å². The molecule has 4 heteroatoms. The maximum atomic E-state index is 5.26. The van der Waals surface area contributed by atoms with Gasteiger partial charge in [0.15, 0.2) is 5.11 Å². The fraction of sp³-hybridized carbons (Fsp3) is 0.462. The minimum Gasteiger partial charge on any atom is -0.357 e. The van der Waals surface area contributed by atoms with Crippen LogP contribution in [0.1, 0.15) is 11.1 Å². The molecule has 1 aromatic rings. The highest BCUT2D eigenvalue weighted by molar-refractivity contribution is 7.80. The number of hydrogen-bond donors (Lipinski definition) is 3. The van der Waals surface area contributed by atoms with Crippen molar-refractivity contribution in [1.29, 1.82) is 0 Å². The van der Waals surface area contributed by atoms with Crippen molar-refractivity contribution in [3.63, 3.8) is 0 Å². The molecule has 0 bridgehead atoms. The van der Waals surface area contributed by atoms with Crippen LogP contribution in [0.5, 0.6) is 0 Å². The second-order valence-electron chi connectivity index (χ2n) is 4.66. The maximum absolute atomic E-state index is 5.26. The summed E-state index contributed by atoms with van der Waals surface area (Å²) in [4.78, 5) is 1.41. The monoisotopic (exact) mass is 252 g/mol. The number of quaternary nitrogens is 1. The molecule has 0 spiro atoms. The standard InChI is InChI=1S/C13H21N3S/c1-10-5-6-11(2)12(9-10)15-13(17)14-7-8-16(3)4/h5-6,9H,7-8H2,1-4H3,(H2,14,15,17)/p+1. The van der Waals surface area contributed by atoms with E-state index in [4.69, 9.17) is 12.2 Å². The van der Waals surface area contributed by atoms with Crippen LogP contribution in [-0.4, -0.2) is 32.3 Å². The third-order valence-corrected chi connectivity index (χ3v) is 2.80. The number of rotatable bonds is 4. The van der Waals surface area contributed by atoms with Crippen molar-refractivity contribution in [1.82, 2.24) is 5.32 Å². The van der Waals surface area contributed by atoms with Crippen LogP contribution in [-0.2, 0) is 0 Å². The van der Waals surface area contributed by atoms with Crippen molar-refractivity contribution in [2.24, 2.45) is 0 Å². The lowest BCUT2D eigenvalue weighted by molar-refractivity contribution is -0.856. The third-order valence-electron chi connectivity index (χ3n) is 2.55. The van der Waals surface area contributed by atoms with Crippen molar-refractivity contribution in [2.45, 2.75) is 13.8 Å². The molecule has 17 heavy (non-hydrogen) atoms. The third kappa shape index (κ3) is 5.15. The first-order valence-corrected chi connectivity index (χ1v) is 6.31. The van der Waals surface area contributed by atoms with Crippen molar-refractivity contribution >= 4 is 23.0 Å². The topological polar surface area (TPSA) is 28.5 Å². The number of aryl methyl sites for hydroxylation is 2. The number of nitrogens with one attached hydrogen (secondary N) is 3. The summed E-state index contributed by atoms with van der Waals surface area (Å²) in [5.41, 5.74) is 3.52. The zero-order chi connectivity index (χ0) is 12.8. The van der Waals surface area contributed by atoms with Gasteiger partial charge in [-0.3, -0.25) is 0 Å². The molecule has 0 aliphatic rings. The molecular formula is C13H22N3S+. The number of thiocarbonyl (C=S) groups is 1. The van der Waals surface area contributed by atoms with Crippen molar-refractivity contribution < 1.29 is 4.90 Å². The summed E-state index contributed by atoms with van der Waals surface area (Å²) in [5, 5.41) is 7.14. The van der Waals surface area contributed by atoms with Crippen LogP contribution in [0.15, 0.2) is 18.2 Å². The van der Waals surface area contributed by atoms with Gasteiger partial charge in [-0.05, 0) is 43.3 Å². The van der Waals surface area contributed by atoms with Gasteiger partial charge in [-0.25, -0.2) is 0 Å². The summed E-state index contributed by atoms with van der Waals surface area (Å²) in [7, 11) is 4.26. The van der Waals surface area contributed by atoms with Gasteiger partial charge in [0.1, 0.15) is 0 Å². The molecule has 3 nitrogen and oxygen atoms in total. The maximum Gasteiger partial charge on any atom is 0.170 e. The van der Waals surface area contributed by atoms with Crippen LogP contribution < -0.4 is 15.5 Å². The number of likely N-dealkylation sites (N-methyl/N-ethyl adjacent to an activating group) is 1. The molecule has 0 radical (unpaired) electrons. The summed E-state index contributed by atoms with van der Waals surface area (Å²) in [6.45, 7) is 6.10. The average molecular weight is 252 g/mol. The predicted molar refractivity (Wildman–Crippen MR) is 77.8 cm³/mol. The molecule has 3 N–H and O–H groups in total. The van der Waals surface area contributed by atoms with E-state index in [1.54, 1.807) is 0 Å². The Morgan fingerprint density at radius 1 is 1.29 bits per heavy atom. The first-order chi connectivity index (χ1) is 7.99. The smallest absolute Gasteiger partial charge is 0.170 e. The van der Waals surface area contributed by atoms with Gasteiger partial charge < -0.3 is 15.5 Å². The Hall–Kier alpha value is -1.13. The summed E-state index contributed by atoms with van der Waals surface area (Å²) in [5.74, 6) is 0. The first kappa shape index (κ1) is 13.9. The van der Waals surface area contributed by atoms with Gasteiger partial charge in [-0.2, -0.15) is 0 Å². The van der Waals surface area contributed by atoms with E-state index >= 15 is 0 Å². The summed E-state index contributed by atoms with van der Waals surface area (Å²) < 4.78 is 0. The molecule has 0 fully saturated rings. The molecule has 0 amide bonds. The van der Waals surface area contributed by atoms with Gasteiger partial charge in [0.05, 0.1) is 27.2 Å². The van der Waals surface area contributed by atoms with E-state index in [2.05, 4.69) is 56.8 Å². The lowest BCUT2D eigenvalue weighted by Gasteiger charge is -2.14. The minimum absolute atomic E-state index is 0.694. The Bertz CT molecular complexity index is 388. The molecule has 0 saturated heterocycles. The van der Waals surface area contributed by atoms with Crippen LogP contribution in [0.3, 0.4) is 0 Å². The van der Waals surface area contributed by atoms with Crippen LogP contribution >= 0.6 is 12.2 Å². The normalized spacial score (nSPS) is 10.4. The Morgan fingerprint density at radius 2 is 2.00 bits per heavy atom. The zero-order valence-corrected chi connectivity index (χ0v) is 11.9. The average Bonchev–Trinajstić information content (AvgIpc) is 2.23. The molecule has 0 aromatic heterocycles. The van der Waals surface area contributed by atoms with E-state index in [-0.39, 0.29) is 0 Å². The SMILES string of the molecule is Cc1ccc(C)c(NC(=S)NCC[NH+](C)C)c1. The molecule has 0 aliphatic carbocycles. The fourth-order valence-corrected chi connectivity index (χ4v) is 1.68. The molecule has 0 heterocycles. The van der Waals surface area contributed by atoms with Crippen molar-refractivity contribution in [3.05, 3.63) is 29.3 Å². The minimum atomic E-state index is 0.694. The Morgan fingerprint density at radius 3 is 2.65 bits per heavy atom. The molecule has 1 aromatic carbocycles. The first-order valence-electron chi connectivity index (χ1n) is 5.90. The van der Waals surface area contributed by atoms with Gasteiger partial charge in [-0.1, -0.05) is 12.1 Å². The molecule has 1 rings (SSSR count). The number of benzene rings is 1. The molecular weight excluding hydrogens is 230 g/mol. The second kappa shape index (κ2) is 6.57. The highest BCUT2D eigenvalue weighted by Gasteiger charge is 2.01. The number of hydrogen-bond acceptors (Lipinski definition) is 1. The summed E-state index contributed by atoms with van der Waals surface area (Å²) >= 11 is 5.26. The Kier molecular flexibility index (Phi) is 5.38. The van der Waals surface area contributed by atoms with Crippen LogP contribution in [0.25, 0.3) is 0 Å². The lowest BCUT2D eigenvalue weighted by atomic mass is 10.1. The van der Waals surface area contributed by atoms with Gasteiger partial charge in [0, 0.05) is 5.69 Å². The van der Waals surface area contributed by atoms with Gasteiger partial charge in [0.25, 0.3) is 0 Å². The summed E-state index contributed by atoms with van der Waals surface area (Å²) in [6.07, 6.45) is 0. The van der Waals surface area contributed by atoms with Crippen molar-refractivity contribution in [2.75, 3.05) is 32.5 Å². The molecule has 0 aliphatic heterocycles. The van der Waals surface area contributed by atoms with E-state index in [0.29, 0.717) is 5.11 Å². The molecule has 0 atom stereocenters. The number of anilines is 1. The fourth-order valence-electron chi connectivity index (χ4n) is 1.46. The Balaban J connectivity index is 2.47. The lowest BCUT2D eigenvalue weighted by Crippen LogP contribution is -3.06. The van der Waals surface area contributed by atoms with E-state index in [9.17, 15) is 0 Å². The van der Waals surface area contributed by atoms with Gasteiger partial charge >= 0.3 is 0 Å². The Labute approximate surface area is 109 Å². The summed E-state index contributed by atoms with van der Waals surface area (Å²) in [6, 6.07) is 6.32. The van der Waals surface area contributed by atoms with E-state index in [0.717, 1.165) is 18.8 Å². The van der Waals surface area contributed by atoms with Gasteiger partial charge in [0.2, 0.25) is 0 Å². The quantitative estimate of drug-likeness (QED) is 0.690. The molecule has 0 unspecified atom stereocenters. The highest BCUT2D eigenvalue weighted by atomic mass is 32.1. The van der Waals surface area contributed by atoms with E-state index < -0.39 is 0 Å². The second-order valence-corrected chi connectivity index (χ2v) is 5.06. The molecule has 0 saturated carbocycles. The molecule has 94 valence electrons.